The second-order valence-electron chi connectivity index (χ2n) is 6.93. The van der Waals surface area contributed by atoms with Gasteiger partial charge < -0.3 is 14.8 Å². The SMILES string of the molecule is CC(C)NS(=O)(=O)Cc1ccc(CNCc2ccc3c(c2)OCCO3)cc1. The van der Waals surface area contributed by atoms with Gasteiger partial charge in [0.2, 0.25) is 10.0 Å². The Bertz CT molecular complexity index is 864. The zero-order chi connectivity index (χ0) is 19.3. The summed E-state index contributed by atoms with van der Waals surface area (Å²) in [5.41, 5.74) is 3.01. The van der Waals surface area contributed by atoms with Gasteiger partial charge in [-0.3, -0.25) is 0 Å². The number of sulfonamides is 1. The summed E-state index contributed by atoms with van der Waals surface area (Å²) >= 11 is 0. The van der Waals surface area contributed by atoms with Crippen molar-refractivity contribution in [2.75, 3.05) is 13.2 Å². The van der Waals surface area contributed by atoms with Crippen LogP contribution in [0.25, 0.3) is 0 Å². The van der Waals surface area contributed by atoms with Crippen LogP contribution in [0.3, 0.4) is 0 Å². The van der Waals surface area contributed by atoms with Crippen LogP contribution in [-0.4, -0.2) is 27.7 Å². The Kier molecular flexibility index (Phi) is 6.36. The van der Waals surface area contributed by atoms with E-state index < -0.39 is 10.0 Å². The first kappa shape index (κ1) is 19.7. The van der Waals surface area contributed by atoms with Crippen LogP contribution in [0.2, 0.25) is 0 Å². The monoisotopic (exact) mass is 390 g/mol. The highest BCUT2D eigenvalue weighted by atomic mass is 32.2. The maximum atomic E-state index is 12.0. The third-order valence-corrected chi connectivity index (χ3v) is 5.60. The molecule has 1 heterocycles. The topological polar surface area (TPSA) is 76.7 Å². The molecule has 0 spiro atoms. The molecule has 0 saturated carbocycles. The van der Waals surface area contributed by atoms with Crippen LogP contribution in [-0.2, 0) is 28.9 Å². The van der Waals surface area contributed by atoms with Crippen LogP contribution in [0.4, 0.5) is 0 Å². The van der Waals surface area contributed by atoms with Crippen molar-refractivity contribution < 1.29 is 17.9 Å². The molecule has 0 aliphatic carbocycles. The van der Waals surface area contributed by atoms with E-state index >= 15 is 0 Å². The van der Waals surface area contributed by atoms with Crippen LogP contribution in [0.5, 0.6) is 11.5 Å². The Morgan fingerprint density at radius 2 is 1.48 bits per heavy atom. The highest BCUT2D eigenvalue weighted by Crippen LogP contribution is 2.30. The highest BCUT2D eigenvalue weighted by molar-refractivity contribution is 7.88. The molecule has 27 heavy (non-hydrogen) atoms. The third kappa shape index (κ3) is 5.95. The molecule has 6 nitrogen and oxygen atoms in total. The maximum absolute atomic E-state index is 12.0. The van der Waals surface area contributed by atoms with Crippen molar-refractivity contribution >= 4 is 10.0 Å². The summed E-state index contributed by atoms with van der Waals surface area (Å²) in [5.74, 6) is 1.58. The minimum absolute atomic E-state index is 0.00388. The molecule has 2 aromatic carbocycles. The largest absolute Gasteiger partial charge is 0.486 e. The van der Waals surface area contributed by atoms with E-state index in [1.165, 1.54) is 0 Å². The number of hydrogen-bond acceptors (Lipinski definition) is 5. The Morgan fingerprint density at radius 1 is 0.889 bits per heavy atom. The fourth-order valence-electron chi connectivity index (χ4n) is 2.92. The van der Waals surface area contributed by atoms with E-state index in [0.29, 0.717) is 26.3 Å². The second-order valence-corrected chi connectivity index (χ2v) is 8.68. The lowest BCUT2D eigenvalue weighted by Crippen LogP contribution is -2.31. The quantitative estimate of drug-likeness (QED) is 0.725. The van der Waals surface area contributed by atoms with Gasteiger partial charge in [0.15, 0.2) is 11.5 Å². The second kappa shape index (κ2) is 8.73. The lowest BCUT2D eigenvalue weighted by molar-refractivity contribution is 0.171. The summed E-state index contributed by atoms with van der Waals surface area (Å²) in [5, 5.41) is 3.39. The summed E-state index contributed by atoms with van der Waals surface area (Å²) in [6.07, 6.45) is 0. The van der Waals surface area contributed by atoms with E-state index in [1.807, 2.05) is 56.3 Å². The summed E-state index contributed by atoms with van der Waals surface area (Å²) in [7, 11) is -3.30. The third-order valence-electron chi connectivity index (χ3n) is 4.06. The van der Waals surface area contributed by atoms with Crippen LogP contribution in [0.1, 0.15) is 30.5 Å². The van der Waals surface area contributed by atoms with Gasteiger partial charge in [0.25, 0.3) is 0 Å². The molecule has 1 aliphatic heterocycles. The lowest BCUT2D eigenvalue weighted by Gasteiger charge is -2.19. The predicted molar refractivity (Wildman–Crippen MR) is 105 cm³/mol. The van der Waals surface area contributed by atoms with Crippen molar-refractivity contribution in [3.8, 4) is 11.5 Å². The minimum atomic E-state index is -3.30. The molecule has 2 N–H and O–H groups in total. The van der Waals surface area contributed by atoms with Gasteiger partial charge in [-0.15, -0.1) is 0 Å². The van der Waals surface area contributed by atoms with E-state index in [-0.39, 0.29) is 11.8 Å². The Labute approximate surface area is 160 Å². The molecule has 0 radical (unpaired) electrons. The average Bonchev–Trinajstić information content (AvgIpc) is 2.62. The fraction of sp³-hybridized carbons (Fsp3) is 0.400. The zero-order valence-corrected chi connectivity index (χ0v) is 16.5. The normalized spacial score (nSPS) is 13.7. The van der Waals surface area contributed by atoms with Gasteiger partial charge in [-0.1, -0.05) is 30.3 Å². The summed E-state index contributed by atoms with van der Waals surface area (Å²) in [6, 6.07) is 13.5. The molecule has 0 bridgehead atoms. The maximum Gasteiger partial charge on any atom is 0.216 e. The van der Waals surface area contributed by atoms with E-state index in [4.69, 9.17) is 9.47 Å². The minimum Gasteiger partial charge on any atom is -0.486 e. The molecular weight excluding hydrogens is 364 g/mol. The molecule has 0 amide bonds. The predicted octanol–water partition coefficient (Wildman–Crippen LogP) is 2.58. The van der Waals surface area contributed by atoms with E-state index in [0.717, 1.165) is 28.2 Å². The molecule has 0 saturated heterocycles. The van der Waals surface area contributed by atoms with Crippen LogP contribution in [0.15, 0.2) is 42.5 Å². The first-order valence-electron chi connectivity index (χ1n) is 9.08. The standard InChI is InChI=1S/C20H26N2O4S/c1-15(2)22-27(23,24)14-17-5-3-16(4-6-17)12-21-13-18-7-8-19-20(11-18)26-10-9-25-19/h3-8,11,15,21-22H,9-10,12-14H2,1-2H3. The van der Waals surface area contributed by atoms with Gasteiger partial charge >= 0.3 is 0 Å². The first-order chi connectivity index (χ1) is 12.9. The molecule has 0 aromatic heterocycles. The van der Waals surface area contributed by atoms with Crippen LogP contribution < -0.4 is 19.5 Å². The van der Waals surface area contributed by atoms with Crippen molar-refractivity contribution in [2.24, 2.45) is 0 Å². The van der Waals surface area contributed by atoms with Gasteiger partial charge in [-0.25, -0.2) is 13.1 Å². The molecule has 7 heteroatoms. The summed E-state index contributed by atoms with van der Waals surface area (Å²) in [4.78, 5) is 0. The Morgan fingerprint density at radius 3 is 2.19 bits per heavy atom. The molecule has 1 aliphatic rings. The van der Waals surface area contributed by atoms with Crippen molar-refractivity contribution in [1.82, 2.24) is 10.0 Å². The molecule has 0 fully saturated rings. The molecule has 0 unspecified atom stereocenters. The van der Waals surface area contributed by atoms with Gasteiger partial charge in [0.05, 0.1) is 5.75 Å². The van der Waals surface area contributed by atoms with Crippen molar-refractivity contribution in [2.45, 2.75) is 38.7 Å². The zero-order valence-electron chi connectivity index (χ0n) is 15.7. The summed E-state index contributed by atoms with van der Waals surface area (Å²) in [6.45, 7) is 6.22. The average molecular weight is 391 g/mol. The Balaban J connectivity index is 1.50. The molecule has 3 rings (SSSR count). The van der Waals surface area contributed by atoms with E-state index in [9.17, 15) is 8.42 Å². The van der Waals surface area contributed by atoms with Crippen molar-refractivity contribution in [1.29, 1.82) is 0 Å². The van der Waals surface area contributed by atoms with Gasteiger partial charge in [0, 0.05) is 19.1 Å². The van der Waals surface area contributed by atoms with Crippen LogP contribution >= 0.6 is 0 Å². The number of ether oxygens (including phenoxy) is 2. The number of rotatable bonds is 8. The molecule has 0 atom stereocenters. The lowest BCUT2D eigenvalue weighted by atomic mass is 10.1. The van der Waals surface area contributed by atoms with E-state index in [2.05, 4.69) is 10.0 Å². The van der Waals surface area contributed by atoms with Gasteiger partial charge in [-0.2, -0.15) is 0 Å². The fourth-order valence-corrected chi connectivity index (χ4v) is 4.36. The van der Waals surface area contributed by atoms with E-state index in [1.54, 1.807) is 0 Å². The number of nitrogens with one attached hydrogen (secondary N) is 2. The van der Waals surface area contributed by atoms with Crippen molar-refractivity contribution in [3.63, 3.8) is 0 Å². The van der Waals surface area contributed by atoms with Gasteiger partial charge in [0.1, 0.15) is 13.2 Å². The molecular formula is C20H26N2O4S. The van der Waals surface area contributed by atoms with Crippen LogP contribution in [0, 0.1) is 0 Å². The number of fused-ring (bicyclic) bond motifs is 1. The van der Waals surface area contributed by atoms with Gasteiger partial charge in [-0.05, 0) is 42.7 Å². The number of benzene rings is 2. The number of hydrogen-bond donors (Lipinski definition) is 2. The first-order valence-corrected chi connectivity index (χ1v) is 10.7. The molecule has 146 valence electrons. The Hall–Kier alpha value is -2.09. The molecule has 2 aromatic rings. The summed E-state index contributed by atoms with van der Waals surface area (Å²) < 4.78 is 37.7. The smallest absolute Gasteiger partial charge is 0.216 e. The highest BCUT2D eigenvalue weighted by Gasteiger charge is 2.13. The van der Waals surface area contributed by atoms with Crippen molar-refractivity contribution in [3.05, 3.63) is 59.2 Å².